The van der Waals surface area contributed by atoms with Gasteiger partial charge in [0.2, 0.25) is 0 Å². The summed E-state index contributed by atoms with van der Waals surface area (Å²) in [5, 5.41) is 9.15. The molecule has 2 aromatic carbocycles. The number of benzene rings is 2. The van der Waals surface area contributed by atoms with Crippen LogP contribution in [-0.4, -0.2) is 35.6 Å². The van der Waals surface area contributed by atoms with E-state index in [2.05, 4.69) is 35.2 Å². The number of rotatable bonds is 4. The van der Waals surface area contributed by atoms with Crippen molar-refractivity contribution in [3.63, 3.8) is 0 Å². The first-order chi connectivity index (χ1) is 13.6. The van der Waals surface area contributed by atoms with Gasteiger partial charge in [0.25, 0.3) is 0 Å². The average Bonchev–Trinajstić information content (AvgIpc) is 2.85. The highest BCUT2D eigenvalue weighted by Crippen LogP contribution is 2.34. The van der Waals surface area contributed by atoms with E-state index in [0.29, 0.717) is 0 Å². The Balaban J connectivity index is 0.00000240. The number of carboxylic acids is 1. The van der Waals surface area contributed by atoms with Crippen LogP contribution in [0.25, 0.3) is 5.57 Å². The molecule has 0 atom stereocenters. The van der Waals surface area contributed by atoms with E-state index in [1.54, 1.807) is 12.1 Å². The Bertz CT molecular complexity index is 904. The zero-order valence-electron chi connectivity index (χ0n) is 16.4. The molecule has 1 aliphatic carbocycles. The molecule has 4 rings (SSSR count). The van der Waals surface area contributed by atoms with Crippen LogP contribution < -0.4 is 0 Å². The smallest absolute Gasteiger partial charge is 0.306 e. The molecule has 1 N–H and O–H groups in total. The summed E-state index contributed by atoms with van der Waals surface area (Å²) in [6.45, 7) is 2.62. The number of hydrogen-bond acceptors (Lipinski definition) is 2. The Morgan fingerprint density at radius 1 is 1.07 bits per heavy atom. The number of nitrogens with zero attached hydrogens (tertiary/aromatic N) is 1. The second-order valence-corrected chi connectivity index (χ2v) is 7.82. The second-order valence-electron chi connectivity index (χ2n) is 7.82. The quantitative estimate of drug-likeness (QED) is 0.766. The number of aryl methyl sites for hydroxylation is 2. The molecule has 1 fully saturated rings. The normalized spacial score (nSPS) is 18.4. The predicted octanol–water partition coefficient (Wildman–Crippen LogP) is 4.96. The maximum Gasteiger partial charge on any atom is 0.306 e. The number of carboxylic acid groups (broad SMARTS) is 1. The summed E-state index contributed by atoms with van der Waals surface area (Å²) in [6, 6.07) is 13.6. The van der Waals surface area contributed by atoms with E-state index >= 15 is 0 Å². The largest absolute Gasteiger partial charge is 0.481 e. The van der Waals surface area contributed by atoms with Crippen molar-refractivity contribution in [2.45, 2.75) is 32.1 Å². The molecule has 0 radical (unpaired) electrons. The minimum atomic E-state index is -0.666. The number of piperidine rings is 1. The second kappa shape index (κ2) is 9.55. The van der Waals surface area contributed by atoms with Crippen LogP contribution in [0.1, 0.15) is 41.5 Å². The van der Waals surface area contributed by atoms with Gasteiger partial charge in [-0.25, -0.2) is 4.39 Å². The number of fused-ring (bicyclic) bond motifs is 2. The molecule has 0 spiro atoms. The van der Waals surface area contributed by atoms with Gasteiger partial charge in [0.05, 0.1) is 5.92 Å². The molecule has 0 amide bonds. The van der Waals surface area contributed by atoms with Gasteiger partial charge in [0.1, 0.15) is 5.82 Å². The number of halogens is 2. The molecule has 1 saturated heterocycles. The summed E-state index contributed by atoms with van der Waals surface area (Å²) in [5.74, 6) is -1.03. The average molecular weight is 416 g/mol. The lowest BCUT2D eigenvalue weighted by Gasteiger charge is -2.29. The van der Waals surface area contributed by atoms with Crippen LogP contribution in [0.15, 0.2) is 48.5 Å². The van der Waals surface area contributed by atoms with Crippen LogP contribution in [-0.2, 0) is 17.6 Å². The van der Waals surface area contributed by atoms with Crippen molar-refractivity contribution in [3.8, 4) is 0 Å². The van der Waals surface area contributed by atoms with Gasteiger partial charge in [-0.2, -0.15) is 0 Å². The Hall–Kier alpha value is -2.17. The van der Waals surface area contributed by atoms with E-state index in [1.807, 2.05) is 6.07 Å². The Morgan fingerprint density at radius 2 is 1.76 bits per heavy atom. The van der Waals surface area contributed by atoms with Gasteiger partial charge in [-0.1, -0.05) is 36.4 Å². The minimum absolute atomic E-state index is 0. The third-order valence-electron chi connectivity index (χ3n) is 6.06. The predicted molar refractivity (Wildman–Crippen MR) is 116 cm³/mol. The fourth-order valence-electron chi connectivity index (χ4n) is 4.46. The summed E-state index contributed by atoms with van der Waals surface area (Å²) in [6.07, 6.45) is 6.42. The summed E-state index contributed by atoms with van der Waals surface area (Å²) < 4.78 is 13.8. The maximum absolute atomic E-state index is 13.8. The van der Waals surface area contributed by atoms with Gasteiger partial charge in [-0.05, 0) is 85.2 Å². The summed E-state index contributed by atoms with van der Waals surface area (Å²) >= 11 is 0. The molecule has 29 heavy (non-hydrogen) atoms. The molecule has 2 aromatic rings. The van der Waals surface area contributed by atoms with Gasteiger partial charge < -0.3 is 10.0 Å². The van der Waals surface area contributed by atoms with Crippen LogP contribution in [0, 0.1) is 11.7 Å². The van der Waals surface area contributed by atoms with E-state index in [0.717, 1.165) is 62.9 Å². The summed E-state index contributed by atoms with van der Waals surface area (Å²) in [4.78, 5) is 13.5. The standard InChI is InChI=1S/C24H26FNO2.ClH/c25-20-9-10-22-19(16-20)8-7-17-4-1-2-5-21(17)23(22)6-3-13-26-14-11-18(12-15-26)24(27)28;/h1-2,4-6,9-10,16,18H,3,7-8,11-15H2,(H,27,28);1H. The molecule has 0 bridgehead atoms. The Kier molecular flexibility index (Phi) is 7.09. The highest BCUT2D eigenvalue weighted by molar-refractivity contribution is 5.85. The fraction of sp³-hybridized carbons (Fsp3) is 0.375. The Morgan fingerprint density at radius 3 is 2.52 bits per heavy atom. The molecular weight excluding hydrogens is 389 g/mol. The first-order valence-electron chi connectivity index (χ1n) is 10.1. The highest BCUT2D eigenvalue weighted by atomic mass is 35.5. The number of likely N-dealkylation sites (tertiary alicyclic amines) is 1. The fourth-order valence-corrected chi connectivity index (χ4v) is 4.46. The van der Waals surface area contributed by atoms with Gasteiger partial charge in [-0.15, -0.1) is 12.4 Å². The van der Waals surface area contributed by atoms with Crippen molar-refractivity contribution in [2.24, 2.45) is 5.92 Å². The van der Waals surface area contributed by atoms with E-state index in [-0.39, 0.29) is 24.1 Å². The lowest BCUT2D eigenvalue weighted by molar-refractivity contribution is -0.143. The van der Waals surface area contributed by atoms with E-state index in [9.17, 15) is 9.18 Å². The van der Waals surface area contributed by atoms with Crippen molar-refractivity contribution in [1.29, 1.82) is 0 Å². The van der Waals surface area contributed by atoms with Crippen LogP contribution in [0.3, 0.4) is 0 Å². The number of aliphatic carboxylic acids is 1. The minimum Gasteiger partial charge on any atom is -0.481 e. The van der Waals surface area contributed by atoms with Crippen molar-refractivity contribution in [1.82, 2.24) is 4.90 Å². The van der Waals surface area contributed by atoms with E-state index < -0.39 is 5.97 Å². The van der Waals surface area contributed by atoms with E-state index in [4.69, 9.17) is 5.11 Å². The number of carbonyl (C=O) groups is 1. The number of hydrogen-bond donors (Lipinski definition) is 1. The highest BCUT2D eigenvalue weighted by Gasteiger charge is 2.24. The molecular formula is C24H27ClFNO2. The van der Waals surface area contributed by atoms with Gasteiger partial charge in [0.15, 0.2) is 0 Å². The topological polar surface area (TPSA) is 40.5 Å². The lowest BCUT2D eigenvalue weighted by atomic mass is 9.93. The molecule has 0 saturated carbocycles. The molecule has 3 nitrogen and oxygen atoms in total. The van der Waals surface area contributed by atoms with Gasteiger partial charge in [0, 0.05) is 6.54 Å². The molecule has 154 valence electrons. The first kappa shape index (κ1) is 21.5. The third kappa shape index (κ3) is 4.88. The summed E-state index contributed by atoms with van der Waals surface area (Å²) in [5.41, 5.74) is 5.97. The molecule has 2 aliphatic rings. The van der Waals surface area contributed by atoms with Crippen LogP contribution >= 0.6 is 12.4 Å². The Labute approximate surface area is 177 Å². The SMILES string of the molecule is Cl.O=C(O)C1CCN(CCC=C2c3ccccc3CCc3cc(F)ccc32)CC1. The first-order valence-corrected chi connectivity index (χ1v) is 10.1. The van der Waals surface area contributed by atoms with Crippen molar-refractivity contribution in [3.05, 3.63) is 76.6 Å². The zero-order chi connectivity index (χ0) is 19.5. The molecule has 1 aliphatic heterocycles. The van der Waals surface area contributed by atoms with Crippen molar-refractivity contribution in [2.75, 3.05) is 19.6 Å². The molecule has 1 heterocycles. The van der Waals surface area contributed by atoms with Crippen molar-refractivity contribution >= 4 is 23.9 Å². The lowest BCUT2D eigenvalue weighted by Crippen LogP contribution is -2.36. The van der Waals surface area contributed by atoms with Crippen LogP contribution in [0.2, 0.25) is 0 Å². The molecule has 5 heteroatoms. The zero-order valence-corrected chi connectivity index (χ0v) is 17.3. The van der Waals surface area contributed by atoms with Crippen LogP contribution in [0.4, 0.5) is 4.39 Å². The van der Waals surface area contributed by atoms with Crippen molar-refractivity contribution < 1.29 is 14.3 Å². The van der Waals surface area contributed by atoms with Crippen LogP contribution in [0.5, 0.6) is 0 Å². The summed E-state index contributed by atoms with van der Waals surface area (Å²) in [7, 11) is 0. The maximum atomic E-state index is 13.8. The third-order valence-corrected chi connectivity index (χ3v) is 6.06. The van der Waals surface area contributed by atoms with E-state index in [1.165, 1.54) is 16.7 Å². The van der Waals surface area contributed by atoms with Gasteiger partial charge in [-0.3, -0.25) is 4.79 Å². The van der Waals surface area contributed by atoms with Gasteiger partial charge >= 0.3 is 5.97 Å². The molecule has 0 aromatic heterocycles. The molecule has 0 unspecified atom stereocenters. The monoisotopic (exact) mass is 415 g/mol.